The smallest absolute Gasteiger partial charge is 0.328 e. The maximum atomic E-state index is 12.3. The minimum absolute atomic E-state index is 0.0600. The number of ether oxygens (including phenoxy) is 1. The fraction of sp³-hybridized carbons (Fsp3) is 0.600. The first-order chi connectivity index (χ1) is 16.4. The molecule has 0 aliphatic carbocycles. The van der Waals surface area contributed by atoms with Crippen LogP contribution < -0.4 is 5.32 Å². The highest BCUT2D eigenvalue weighted by Crippen LogP contribution is 2.21. The molecule has 0 saturated heterocycles. The minimum Gasteiger partial charge on any atom is -0.460 e. The zero-order chi connectivity index (χ0) is 24.5. The number of nitrogens with zero attached hydrogens (tertiary/aromatic N) is 6. The van der Waals surface area contributed by atoms with Crippen LogP contribution in [0.1, 0.15) is 52.9 Å². The van der Waals surface area contributed by atoms with E-state index in [1.807, 2.05) is 32.1 Å². The van der Waals surface area contributed by atoms with Gasteiger partial charge in [-0.2, -0.15) is 10.1 Å². The van der Waals surface area contributed by atoms with Crippen molar-refractivity contribution in [1.82, 2.24) is 29.2 Å². The van der Waals surface area contributed by atoms with E-state index >= 15 is 0 Å². The zero-order valence-electron chi connectivity index (χ0n) is 21.2. The number of carbonyl (C=O) groups excluding carboxylic acids is 1. The SMILES string of the molecule is CCCCC(CC)Cn1ccc2cnc(Nc3cnn(CC(=O)OC(CC)CN(C)C)c3)nc21. The molecule has 34 heavy (non-hydrogen) atoms. The summed E-state index contributed by atoms with van der Waals surface area (Å²) in [4.78, 5) is 23.5. The lowest BCUT2D eigenvalue weighted by Gasteiger charge is -2.20. The molecule has 0 aliphatic heterocycles. The third kappa shape index (κ3) is 7.28. The molecule has 3 aromatic rings. The summed E-state index contributed by atoms with van der Waals surface area (Å²) in [7, 11) is 3.93. The van der Waals surface area contributed by atoms with Crippen LogP contribution in [-0.4, -0.2) is 61.9 Å². The number of rotatable bonds is 14. The summed E-state index contributed by atoms with van der Waals surface area (Å²) in [5, 5.41) is 8.51. The summed E-state index contributed by atoms with van der Waals surface area (Å²) in [6, 6.07) is 2.06. The summed E-state index contributed by atoms with van der Waals surface area (Å²) < 4.78 is 9.36. The van der Waals surface area contributed by atoms with E-state index in [1.54, 1.807) is 17.1 Å². The van der Waals surface area contributed by atoms with Crippen LogP contribution in [-0.2, 0) is 22.6 Å². The van der Waals surface area contributed by atoms with E-state index in [2.05, 4.69) is 46.1 Å². The Kier molecular flexibility index (Phi) is 9.44. The number of carbonyl (C=O) groups is 1. The first-order valence-corrected chi connectivity index (χ1v) is 12.4. The molecule has 0 aromatic carbocycles. The number of hydrogen-bond donors (Lipinski definition) is 1. The van der Waals surface area contributed by atoms with Crippen LogP contribution in [0.3, 0.4) is 0 Å². The Balaban J connectivity index is 1.63. The normalized spacial score (nSPS) is 13.4. The molecule has 0 fully saturated rings. The summed E-state index contributed by atoms with van der Waals surface area (Å²) in [5.41, 5.74) is 1.65. The molecular weight excluding hydrogens is 430 g/mol. The first-order valence-electron chi connectivity index (χ1n) is 12.4. The summed E-state index contributed by atoms with van der Waals surface area (Å²) >= 11 is 0. The van der Waals surface area contributed by atoms with Gasteiger partial charge in [0.1, 0.15) is 18.3 Å². The maximum absolute atomic E-state index is 12.3. The predicted octanol–water partition coefficient (Wildman–Crippen LogP) is 4.47. The van der Waals surface area contributed by atoms with Gasteiger partial charge in [-0.15, -0.1) is 0 Å². The van der Waals surface area contributed by atoms with Crippen molar-refractivity contribution in [2.75, 3.05) is 26.0 Å². The molecule has 3 aromatic heterocycles. The van der Waals surface area contributed by atoms with E-state index in [1.165, 1.54) is 19.3 Å². The lowest BCUT2D eigenvalue weighted by Crippen LogP contribution is -2.31. The second-order valence-electron chi connectivity index (χ2n) is 9.19. The molecule has 2 atom stereocenters. The average molecular weight is 470 g/mol. The number of aromatic nitrogens is 5. The quantitative estimate of drug-likeness (QED) is 0.348. The molecule has 9 nitrogen and oxygen atoms in total. The van der Waals surface area contributed by atoms with Crippen molar-refractivity contribution in [1.29, 1.82) is 0 Å². The van der Waals surface area contributed by atoms with Crippen LogP contribution >= 0.6 is 0 Å². The molecule has 0 aliphatic rings. The molecule has 3 heterocycles. The third-order valence-corrected chi connectivity index (χ3v) is 6.00. The van der Waals surface area contributed by atoms with Gasteiger partial charge in [-0.25, -0.2) is 4.98 Å². The number of nitrogens with one attached hydrogen (secondary N) is 1. The van der Waals surface area contributed by atoms with Gasteiger partial charge in [-0.3, -0.25) is 9.48 Å². The van der Waals surface area contributed by atoms with Gasteiger partial charge in [0.15, 0.2) is 0 Å². The Labute approximate surface area is 202 Å². The lowest BCUT2D eigenvalue weighted by atomic mass is 9.99. The first kappa shape index (κ1) is 25.7. The van der Waals surface area contributed by atoms with Gasteiger partial charge in [0, 0.05) is 37.1 Å². The highest BCUT2D eigenvalue weighted by molar-refractivity contribution is 5.76. The van der Waals surface area contributed by atoms with Gasteiger partial charge in [0.05, 0.1) is 11.9 Å². The van der Waals surface area contributed by atoms with E-state index in [9.17, 15) is 4.79 Å². The highest BCUT2D eigenvalue weighted by Gasteiger charge is 2.15. The number of fused-ring (bicyclic) bond motifs is 1. The summed E-state index contributed by atoms with van der Waals surface area (Å²) in [6.45, 7) is 8.23. The Hall–Kier alpha value is -2.94. The standard InChI is InChI=1S/C25H39N7O2/c1-6-9-10-19(7-2)15-31-12-11-20-13-26-25(29-24(20)31)28-21-14-27-32(16-21)18-23(33)34-22(8-3)17-30(4)5/h11-14,16,19,22H,6-10,15,17-18H2,1-5H3,(H,26,28,29). The maximum Gasteiger partial charge on any atom is 0.328 e. The van der Waals surface area contributed by atoms with Crippen molar-refractivity contribution in [3.05, 3.63) is 30.9 Å². The lowest BCUT2D eigenvalue weighted by molar-refractivity contribution is -0.150. The van der Waals surface area contributed by atoms with Crippen molar-refractivity contribution in [3.8, 4) is 0 Å². The zero-order valence-corrected chi connectivity index (χ0v) is 21.2. The van der Waals surface area contributed by atoms with E-state index in [0.29, 0.717) is 18.4 Å². The van der Waals surface area contributed by atoms with Gasteiger partial charge in [-0.05, 0) is 38.9 Å². The van der Waals surface area contributed by atoms with Crippen molar-refractivity contribution >= 4 is 28.6 Å². The number of hydrogen-bond acceptors (Lipinski definition) is 7. The monoisotopic (exact) mass is 469 g/mol. The number of esters is 1. The van der Waals surface area contributed by atoms with Crippen LogP contribution in [0.25, 0.3) is 11.0 Å². The molecule has 0 bridgehead atoms. The van der Waals surface area contributed by atoms with Crippen molar-refractivity contribution in [2.24, 2.45) is 5.92 Å². The third-order valence-electron chi connectivity index (χ3n) is 6.00. The molecule has 0 spiro atoms. The van der Waals surface area contributed by atoms with Crippen molar-refractivity contribution in [3.63, 3.8) is 0 Å². The molecular formula is C25H39N7O2. The van der Waals surface area contributed by atoms with E-state index < -0.39 is 0 Å². The Bertz CT molecular complexity index is 1040. The molecule has 9 heteroatoms. The number of anilines is 2. The summed E-state index contributed by atoms with van der Waals surface area (Å²) in [5.74, 6) is 0.852. The highest BCUT2D eigenvalue weighted by atomic mass is 16.5. The number of likely N-dealkylation sites (N-methyl/N-ethyl adjacent to an activating group) is 1. The molecule has 2 unspecified atom stereocenters. The van der Waals surface area contributed by atoms with Gasteiger partial charge < -0.3 is 19.5 Å². The van der Waals surface area contributed by atoms with Crippen LogP contribution in [0.5, 0.6) is 0 Å². The van der Waals surface area contributed by atoms with E-state index in [4.69, 9.17) is 9.72 Å². The van der Waals surface area contributed by atoms with Crippen LogP contribution in [0.2, 0.25) is 0 Å². The van der Waals surface area contributed by atoms with Gasteiger partial charge >= 0.3 is 5.97 Å². The van der Waals surface area contributed by atoms with Crippen molar-refractivity contribution in [2.45, 2.75) is 72.1 Å². The second-order valence-corrected chi connectivity index (χ2v) is 9.19. The Morgan fingerprint density at radius 1 is 1.21 bits per heavy atom. The van der Waals surface area contributed by atoms with Gasteiger partial charge in [0.2, 0.25) is 5.95 Å². The molecule has 0 amide bonds. The molecule has 0 radical (unpaired) electrons. The van der Waals surface area contributed by atoms with Crippen molar-refractivity contribution < 1.29 is 9.53 Å². The fourth-order valence-electron chi connectivity index (χ4n) is 4.03. The second kappa shape index (κ2) is 12.5. The number of unbranched alkanes of at least 4 members (excludes halogenated alkanes) is 1. The van der Waals surface area contributed by atoms with E-state index in [0.717, 1.165) is 36.1 Å². The predicted molar refractivity (Wildman–Crippen MR) is 135 cm³/mol. The van der Waals surface area contributed by atoms with Gasteiger partial charge in [-0.1, -0.05) is 40.0 Å². The topological polar surface area (TPSA) is 90.1 Å². The Morgan fingerprint density at radius 3 is 2.74 bits per heavy atom. The minimum atomic E-state index is -0.299. The molecule has 3 rings (SSSR count). The largest absolute Gasteiger partial charge is 0.460 e. The van der Waals surface area contributed by atoms with Crippen LogP contribution in [0, 0.1) is 5.92 Å². The van der Waals surface area contributed by atoms with Crippen LogP contribution in [0.4, 0.5) is 11.6 Å². The fourth-order valence-corrected chi connectivity index (χ4v) is 4.03. The Morgan fingerprint density at radius 2 is 2.03 bits per heavy atom. The average Bonchev–Trinajstić information content (AvgIpc) is 3.42. The van der Waals surface area contributed by atoms with Crippen LogP contribution in [0.15, 0.2) is 30.9 Å². The summed E-state index contributed by atoms with van der Waals surface area (Å²) in [6.07, 6.45) is 12.9. The molecule has 0 saturated carbocycles. The van der Waals surface area contributed by atoms with E-state index in [-0.39, 0.29) is 18.6 Å². The van der Waals surface area contributed by atoms with Gasteiger partial charge in [0.25, 0.3) is 0 Å². The molecule has 186 valence electrons. The molecule has 1 N–H and O–H groups in total.